The van der Waals surface area contributed by atoms with Gasteiger partial charge in [0.2, 0.25) is 0 Å². The molecule has 0 saturated carbocycles. The van der Waals surface area contributed by atoms with E-state index in [1.165, 1.54) is 0 Å². The molecule has 0 atom stereocenters. The van der Waals surface area contributed by atoms with Gasteiger partial charge in [0.25, 0.3) is 0 Å². The molecule has 1 N–H and O–H groups in total. The van der Waals surface area contributed by atoms with Gasteiger partial charge in [-0.25, -0.2) is 9.97 Å². The second-order valence-corrected chi connectivity index (χ2v) is 3.24. The lowest BCUT2D eigenvalue weighted by Gasteiger charge is -2.05. The zero-order chi connectivity index (χ0) is 10.5. The van der Waals surface area contributed by atoms with Gasteiger partial charge in [-0.2, -0.15) is 0 Å². The molecule has 4 nitrogen and oxygen atoms in total. The Morgan fingerprint density at radius 2 is 2.00 bits per heavy atom. The highest BCUT2D eigenvalue weighted by Gasteiger charge is 1.95. The summed E-state index contributed by atoms with van der Waals surface area (Å²) in [7, 11) is 0. The number of nitrogens with one attached hydrogen (secondary N) is 1. The average Bonchev–Trinajstić information content (AvgIpc) is 2.28. The average molecular weight is 200 g/mol. The molecule has 2 rings (SSSR count). The largest absolute Gasteiger partial charge is 0.379 e. The van der Waals surface area contributed by atoms with Gasteiger partial charge in [0, 0.05) is 23.8 Å². The van der Waals surface area contributed by atoms with Crippen LogP contribution in [0.4, 0.5) is 5.69 Å². The topological polar surface area (TPSA) is 50.7 Å². The summed E-state index contributed by atoms with van der Waals surface area (Å²) < 4.78 is 0. The van der Waals surface area contributed by atoms with Crippen LogP contribution in [0.2, 0.25) is 0 Å². The monoisotopic (exact) mass is 200 g/mol. The van der Waals surface area contributed by atoms with Crippen molar-refractivity contribution in [2.75, 3.05) is 5.32 Å². The Morgan fingerprint density at radius 3 is 2.73 bits per heavy atom. The zero-order valence-corrected chi connectivity index (χ0v) is 8.51. The summed E-state index contributed by atoms with van der Waals surface area (Å²) in [5.74, 6) is 0. The first-order chi connectivity index (χ1) is 7.34. The van der Waals surface area contributed by atoms with E-state index in [2.05, 4.69) is 20.3 Å². The summed E-state index contributed by atoms with van der Waals surface area (Å²) in [6.07, 6.45) is 5.10. The van der Waals surface area contributed by atoms with Crippen LogP contribution in [0.5, 0.6) is 0 Å². The van der Waals surface area contributed by atoms with E-state index in [9.17, 15) is 0 Å². The van der Waals surface area contributed by atoms with Gasteiger partial charge in [-0.1, -0.05) is 0 Å². The SMILES string of the molecule is Cc1cc(CNc2ccncc2)ncn1. The molecule has 0 bridgehead atoms. The molecule has 2 heterocycles. The molecule has 2 aromatic heterocycles. The summed E-state index contributed by atoms with van der Waals surface area (Å²) in [5, 5.41) is 3.26. The van der Waals surface area contributed by atoms with E-state index >= 15 is 0 Å². The van der Waals surface area contributed by atoms with E-state index in [4.69, 9.17) is 0 Å². The van der Waals surface area contributed by atoms with Gasteiger partial charge in [0.15, 0.2) is 0 Å². The van der Waals surface area contributed by atoms with Crippen molar-refractivity contribution in [3.63, 3.8) is 0 Å². The van der Waals surface area contributed by atoms with Crippen LogP contribution in [0.1, 0.15) is 11.4 Å². The number of rotatable bonds is 3. The first kappa shape index (κ1) is 9.58. The third-order valence-corrected chi connectivity index (χ3v) is 2.01. The second-order valence-electron chi connectivity index (χ2n) is 3.24. The molecule has 0 aromatic carbocycles. The van der Waals surface area contributed by atoms with Crippen molar-refractivity contribution in [2.24, 2.45) is 0 Å². The van der Waals surface area contributed by atoms with Crippen LogP contribution < -0.4 is 5.32 Å². The predicted octanol–water partition coefficient (Wildman–Crippen LogP) is 1.79. The number of hydrogen-bond donors (Lipinski definition) is 1. The molecule has 4 heteroatoms. The Balaban J connectivity index is 1.99. The Kier molecular flexibility index (Phi) is 2.88. The van der Waals surface area contributed by atoms with Crippen molar-refractivity contribution >= 4 is 5.69 Å². The molecule has 0 fully saturated rings. The van der Waals surface area contributed by atoms with E-state index in [0.29, 0.717) is 6.54 Å². The summed E-state index contributed by atoms with van der Waals surface area (Å²) in [6, 6.07) is 5.82. The first-order valence-corrected chi connectivity index (χ1v) is 4.76. The van der Waals surface area contributed by atoms with Gasteiger partial charge in [-0.15, -0.1) is 0 Å². The lowest BCUT2D eigenvalue weighted by molar-refractivity contribution is 0.982. The number of hydrogen-bond acceptors (Lipinski definition) is 4. The molecule has 0 radical (unpaired) electrons. The fraction of sp³-hybridized carbons (Fsp3) is 0.182. The van der Waals surface area contributed by atoms with E-state index < -0.39 is 0 Å². The molecule has 15 heavy (non-hydrogen) atoms. The zero-order valence-electron chi connectivity index (χ0n) is 8.51. The Morgan fingerprint density at radius 1 is 1.20 bits per heavy atom. The summed E-state index contributed by atoms with van der Waals surface area (Å²) in [4.78, 5) is 12.2. The summed E-state index contributed by atoms with van der Waals surface area (Å²) in [6.45, 7) is 2.66. The molecular weight excluding hydrogens is 188 g/mol. The number of pyridine rings is 1. The molecule has 0 unspecified atom stereocenters. The fourth-order valence-electron chi connectivity index (χ4n) is 1.27. The van der Waals surface area contributed by atoms with Crippen LogP contribution in [0.15, 0.2) is 36.9 Å². The third kappa shape index (κ3) is 2.74. The molecule has 0 amide bonds. The maximum Gasteiger partial charge on any atom is 0.115 e. The first-order valence-electron chi connectivity index (χ1n) is 4.76. The Hall–Kier alpha value is -1.97. The van der Waals surface area contributed by atoms with Crippen molar-refractivity contribution in [1.29, 1.82) is 0 Å². The van der Waals surface area contributed by atoms with Crippen molar-refractivity contribution < 1.29 is 0 Å². The van der Waals surface area contributed by atoms with Gasteiger partial charge < -0.3 is 5.32 Å². The highest BCUT2D eigenvalue weighted by molar-refractivity contribution is 5.40. The van der Waals surface area contributed by atoms with Gasteiger partial charge >= 0.3 is 0 Å². The van der Waals surface area contributed by atoms with Crippen LogP contribution in [0.25, 0.3) is 0 Å². The molecular formula is C11H12N4. The molecule has 0 aliphatic rings. The van der Waals surface area contributed by atoms with Gasteiger partial charge in [0.05, 0.1) is 12.2 Å². The van der Waals surface area contributed by atoms with Gasteiger partial charge in [-0.05, 0) is 25.1 Å². The van der Waals surface area contributed by atoms with Crippen LogP contribution in [0.3, 0.4) is 0 Å². The molecule has 0 aliphatic heterocycles. The molecule has 0 saturated heterocycles. The maximum absolute atomic E-state index is 4.17. The number of aryl methyl sites for hydroxylation is 1. The van der Waals surface area contributed by atoms with Crippen molar-refractivity contribution in [2.45, 2.75) is 13.5 Å². The molecule has 2 aromatic rings. The van der Waals surface area contributed by atoms with Crippen molar-refractivity contribution in [3.05, 3.63) is 48.3 Å². The quantitative estimate of drug-likeness (QED) is 0.820. The second kappa shape index (κ2) is 4.50. The van der Waals surface area contributed by atoms with Crippen LogP contribution in [-0.4, -0.2) is 15.0 Å². The van der Waals surface area contributed by atoms with Crippen LogP contribution in [0, 0.1) is 6.92 Å². The number of anilines is 1. The van der Waals surface area contributed by atoms with E-state index in [-0.39, 0.29) is 0 Å². The Bertz CT molecular complexity index is 428. The van der Waals surface area contributed by atoms with E-state index in [1.807, 2.05) is 25.1 Å². The minimum absolute atomic E-state index is 0.702. The third-order valence-electron chi connectivity index (χ3n) is 2.01. The van der Waals surface area contributed by atoms with Crippen molar-refractivity contribution in [1.82, 2.24) is 15.0 Å². The summed E-state index contributed by atoms with van der Waals surface area (Å²) in [5.41, 5.74) is 3.01. The lowest BCUT2D eigenvalue weighted by atomic mass is 10.3. The molecule has 0 spiro atoms. The predicted molar refractivity (Wildman–Crippen MR) is 58.3 cm³/mol. The minimum Gasteiger partial charge on any atom is -0.379 e. The van der Waals surface area contributed by atoms with E-state index in [1.54, 1.807) is 18.7 Å². The normalized spacial score (nSPS) is 9.93. The van der Waals surface area contributed by atoms with Crippen LogP contribution in [-0.2, 0) is 6.54 Å². The molecule has 76 valence electrons. The van der Waals surface area contributed by atoms with Crippen molar-refractivity contribution in [3.8, 4) is 0 Å². The number of nitrogens with zero attached hydrogens (tertiary/aromatic N) is 3. The van der Waals surface area contributed by atoms with Gasteiger partial charge in [-0.3, -0.25) is 4.98 Å². The minimum atomic E-state index is 0.702. The Labute approximate surface area is 88.4 Å². The molecule has 0 aliphatic carbocycles. The highest BCUT2D eigenvalue weighted by Crippen LogP contribution is 2.05. The standard InChI is InChI=1S/C11H12N4/c1-9-6-11(15-8-14-9)7-13-10-2-4-12-5-3-10/h2-6,8H,7H2,1H3,(H,12,13). The fourth-order valence-corrected chi connectivity index (χ4v) is 1.27. The number of aromatic nitrogens is 3. The van der Waals surface area contributed by atoms with Gasteiger partial charge in [0.1, 0.15) is 6.33 Å². The smallest absolute Gasteiger partial charge is 0.115 e. The van der Waals surface area contributed by atoms with E-state index in [0.717, 1.165) is 17.1 Å². The summed E-state index contributed by atoms with van der Waals surface area (Å²) >= 11 is 0. The lowest BCUT2D eigenvalue weighted by Crippen LogP contribution is -2.02. The highest BCUT2D eigenvalue weighted by atomic mass is 14.9. The maximum atomic E-state index is 4.17. The van der Waals surface area contributed by atoms with Crippen LogP contribution >= 0.6 is 0 Å².